The molecule has 17 heavy (non-hydrogen) atoms. The first-order valence-corrected chi connectivity index (χ1v) is 7.91. The molecule has 1 aromatic heterocycles. The van der Waals surface area contributed by atoms with E-state index < -0.39 is 9.84 Å². The van der Waals surface area contributed by atoms with Crippen molar-refractivity contribution in [2.75, 3.05) is 25.7 Å². The largest absolute Gasteiger partial charge is 0.378 e. The molecular formula is C9H14IN3O3S. The van der Waals surface area contributed by atoms with Crippen LogP contribution >= 0.6 is 22.6 Å². The highest BCUT2D eigenvalue weighted by Gasteiger charge is 2.14. The molecule has 0 bridgehead atoms. The third-order valence-corrected chi connectivity index (χ3v) is 3.79. The van der Waals surface area contributed by atoms with Crippen molar-refractivity contribution in [3.63, 3.8) is 0 Å². The zero-order valence-corrected chi connectivity index (χ0v) is 12.8. The number of methoxy groups -OCH3 is 1. The van der Waals surface area contributed by atoms with Crippen LogP contribution in [0.15, 0.2) is 0 Å². The predicted molar refractivity (Wildman–Crippen MR) is 73.6 cm³/mol. The molecule has 0 fully saturated rings. The Morgan fingerprint density at radius 1 is 1.41 bits per heavy atom. The summed E-state index contributed by atoms with van der Waals surface area (Å²) in [5, 5.41) is 2.91. The number of aromatic nitrogens is 2. The summed E-state index contributed by atoms with van der Waals surface area (Å²) in [6.45, 7) is 0.326. The molecule has 0 unspecified atom stereocenters. The maximum absolute atomic E-state index is 11.2. The van der Waals surface area contributed by atoms with Crippen molar-refractivity contribution >= 4 is 38.2 Å². The van der Waals surface area contributed by atoms with E-state index in [2.05, 4.69) is 37.9 Å². The van der Waals surface area contributed by atoms with Crippen LogP contribution in [0.1, 0.15) is 11.5 Å². The maximum Gasteiger partial charge on any atom is 0.154 e. The third-order valence-electron chi connectivity index (χ3n) is 1.88. The Morgan fingerprint density at radius 3 is 2.53 bits per heavy atom. The lowest BCUT2D eigenvalue weighted by molar-refractivity contribution is 0.180. The fourth-order valence-electron chi connectivity index (χ4n) is 1.24. The minimum atomic E-state index is -3.14. The van der Waals surface area contributed by atoms with Gasteiger partial charge in [0.15, 0.2) is 9.84 Å². The van der Waals surface area contributed by atoms with E-state index in [0.717, 1.165) is 9.83 Å². The second kappa shape index (κ2) is 5.91. The fraction of sp³-hybridized carbons (Fsp3) is 0.556. The fourth-order valence-corrected chi connectivity index (χ4v) is 2.51. The van der Waals surface area contributed by atoms with E-state index in [0.29, 0.717) is 18.1 Å². The van der Waals surface area contributed by atoms with Crippen LogP contribution in [0.2, 0.25) is 0 Å². The van der Waals surface area contributed by atoms with Gasteiger partial charge in [0.1, 0.15) is 17.4 Å². The predicted octanol–water partition coefficient (Wildman–Crippen LogP) is 0.814. The van der Waals surface area contributed by atoms with Crippen molar-refractivity contribution in [3.8, 4) is 0 Å². The lowest BCUT2D eigenvalue weighted by Crippen LogP contribution is -2.11. The molecule has 0 amide bonds. The van der Waals surface area contributed by atoms with Gasteiger partial charge in [-0.05, 0) is 22.6 Å². The number of hydrogen-bond acceptors (Lipinski definition) is 6. The van der Waals surface area contributed by atoms with E-state index >= 15 is 0 Å². The molecule has 0 saturated heterocycles. The molecule has 0 spiro atoms. The van der Waals surface area contributed by atoms with Crippen molar-refractivity contribution in [2.24, 2.45) is 0 Å². The lowest BCUT2D eigenvalue weighted by Gasteiger charge is -2.10. The third kappa shape index (κ3) is 4.36. The van der Waals surface area contributed by atoms with Crippen molar-refractivity contribution in [1.82, 2.24) is 9.97 Å². The van der Waals surface area contributed by atoms with Crippen LogP contribution in [-0.2, 0) is 26.9 Å². The van der Waals surface area contributed by atoms with Crippen molar-refractivity contribution in [1.29, 1.82) is 0 Å². The van der Waals surface area contributed by atoms with Gasteiger partial charge in [-0.2, -0.15) is 0 Å². The summed E-state index contributed by atoms with van der Waals surface area (Å²) < 4.78 is 28.3. The molecule has 0 aliphatic heterocycles. The molecule has 1 N–H and O–H groups in total. The molecule has 6 nitrogen and oxygen atoms in total. The summed E-state index contributed by atoms with van der Waals surface area (Å²) in [5.74, 6) is 0.727. The van der Waals surface area contributed by atoms with Crippen LogP contribution in [0.25, 0.3) is 0 Å². The van der Waals surface area contributed by atoms with E-state index in [9.17, 15) is 8.42 Å². The summed E-state index contributed by atoms with van der Waals surface area (Å²) in [6, 6.07) is 0. The molecule has 0 aliphatic rings. The molecule has 0 aromatic carbocycles. The van der Waals surface area contributed by atoms with Gasteiger partial charge in [-0.3, -0.25) is 0 Å². The van der Waals surface area contributed by atoms with Gasteiger partial charge >= 0.3 is 0 Å². The Morgan fingerprint density at radius 2 is 2.06 bits per heavy atom. The van der Waals surface area contributed by atoms with Crippen molar-refractivity contribution in [2.45, 2.75) is 12.4 Å². The quantitative estimate of drug-likeness (QED) is 0.772. The standard InChI is InChI=1S/C9H14IN3O3S/c1-11-9-8(10)6(4-16-2)12-7(13-9)5-17(3,14)15/h4-5H2,1-3H3,(H,11,12,13). The molecule has 96 valence electrons. The first kappa shape index (κ1) is 14.6. The molecular weight excluding hydrogens is 357 g/mol. The molecule has 8 heteroatoms. The smallest absolute Gasteiger partial charge is 0.154 e. The summed E-state index contributed by atoms with van der Waals surface area (Å²) in [5.41, 5.74) is 0.686. The monoisotopic (exact) mass is 371 g/mol. The van der Waals surface area contributed by atoms with Crippen LogP contribution in [0, 0.1) is 3.57 Å². The topological polar surface area (TPSA) is 81.2 Å². The highest BCUT2D eigenvalue weighted by molar-refractivity contribution is 14.1. The minimum absolute atomic E-state index is 0.171. The van der Waals surface area contributed by atoms with Crippen LogP contribution in [0.3, 0.4) is 0 Å². The Labute approximate surface area is 114 Å². The van der Waals surface area contributed by atoms with Crippen molar-refractivity contribution in [3.05, 3.63) is 15.1 Å². The molecule has 0 atom stereocenters. The Hall–Kier alpha value is -0.480. The number of hydrogen-bond donors (Lipinski definition) is 1. The first-order valence-electron chi connectivity index (χ1n) is 4.77. The summed E-state index contributed by atoms with van der Waals surface area (Å²) >= 11 is 2.10. The maximum atomic E-state index is 11.2. The van der Waals surface area contributed by atoms with E-state index in [1.165, 1.54) is 0 Å². The van der Waals surface area contributed by atoms with Gasteiger partial charge in [-0.25, -0.2) is 18.4 Å². The number of nitrogens with zero attached hydrogens (tertiary/aromatic N) is 2. The second-order valence-electron chi connectivity index (χ2n) is 3.50. The zero-order valence-electron chi connectivity index (χ0n) is 9.82. The summed E-state index contributed by atoms with van der Waals surface area (Å²) in [7, 11) is 0.148. The summed E-state index contributed by atoms with van der Waals surface area (Å²) in [4.78, 5) is 8.35. The first-order chi connectivity index (χ1) is 7.87. The number of halogens is 1. The molecule has 1 heterocycles. The zero-order chi connectivity index (χ0) is 13.1. The normalized spacial score (nSPS) is 11.5. The number of ether oxygens (including phenoxy) is 1. The van der Waals surface area contributed by atoms with Crippen LogP contribution in [0.4, 0.5) is 5.82 Å². The van der Waals surface area contributed by atoms with Gasteiger partial charge in [-0.15, -0.1) is 0 Å². The average Bonchev–Trinajstić information content (AvgIpc) is 2.20. The number of nitrogens with one attached hydrogen (secondary N) is 1. The molecule has 0 saturated carbocycles. The van der Waals surface area contributed by atoms with Gasteiger partial charge in [-0.1, -0.05) is 0 Å². The van der Waals surface area contributed by atoms with Gasteiger partial charge in [0.25, 0.3) is 0 Å². The van der Waals surface area contributed by atoms with Gasteiger partial charge < -0.3 is 10.1 Å². The number of sulfone groups is 1. The summed E-state index contributed by atoms with van der Waals surface area (Å²) in [6.07, 6.45) is 1.16. The van der Waals surface area contributed by atoms with Crippen LogP contribution in [0.5, 0.6) is 0 Å². The molecule has 1 aromatic rings. The molecule has 1 rings (SSSR count). The highest BCUT2D eigenvalue weighted by atomic mass is 127. The lowest BCUT2D eigenvalue weighted by atomic mass is 10.4. The molecule has 0 aliphatic carbocycles. The van der Waals surface area contributed by atoms with E-state index in [4.69, 9.17) is 4.74 Å². The SMILES string of the molecule is CNc1nc(CS(C)(=O)=O)nc(COC)c1I. The molecule has 0 radical (unpaired) electrons. The van der Waals surface area contributed by atoms with E-state index in [1.807, 2.05) is 0 Å². The van der Waals surface area contributed by atoms with E-state index in [-0.39, 0.29) is 11.6 Å². The van der Waals surface area contributed by atoms with Gasteiger partial charge in [0, 0.05) is 20.4 Å². The van der Waals surface area contributed by atoms with Crippen molar-refractivity contribution < 1.29 is 13.2 Å². The average molecular weight is 371 g/mol. The number of anilines is 1. The number of rotatable bonds is 5. The minimum Gasteiger partial charge on any atom is -0.378 e. The Balaban J connectivity index is 3.20. The van der Waals surface area contributed by atoms with Gasteiger partial charge in [0.05, 0.1) is 15.9 Å². The van der Waals surface area contributed by atoms with Crippen LogP contribution < -0.4 is 5.32 Å². The van der Waals surface area contributed by atoms with Gasteiger partial charge in [0.2, 0.25) is 0 Å². The Bertz CT molecular complexity index is 504. The van der Waals surface area contributed by atoms with Crippen LogP contribution in [-0.4, -0.2) is 38.8 Å². The second-order valence-corrected chi connectivity index (χ2v) is 6.72. The van der Waals surface area contributed by atoms with E-state index in [1.54, 1.807) is 14.2 Å². The highest BCUT2D eigenvalue weighted by Crippen LogP contribution is 2.20. The Kier molecular flexibility index (Phi) is 5.07.